The van der Waals surface area contributed by atoms with Crippen LogP contribution in [0.2, 0.25) is 0 Å². The monoisotopic (exact) mass is 324 g/mol. The van der Waals surface area contributed by atoms with Crippen LogP contribution < -0.4 is 10.1 Å². The summed E-state index contributed by atoms with van der Waals surface area (Å²) in [5.74, 6) is 0.544. The van der Waals surface area contributed by atoms with Gasteiger partial charge in [-0.2, -0.15) is 0 Å². The molecule has 0 aliphatic carbocycles. The van der Waals surface area contributed by atoms with Crippen molar-refractivity contribution in [3.8, 4) is 5.75 Å². The number of nitrogens with one attached hydrogen (secondary N) is 1. The van der Waals surface area contributed by atoms with E-state index in [1.54, 1.807) is 7.11 Å². The van der Waals surface area contributed by atoms with E-state index < -0.39 is 0 Å². The van der Waals surface area contributed by atoms with E-state index in [-0.39, 0.29) is 5.91 Å². The Kier molecular flexibility index (Phi) is 4.48. The van der Waals surface area contributed by atoms with Gasteiger partial charge in [0.05, 0.1) is 12.0 Å². The third-order valence-corrected chi connectivity index (χ3v) is 4.21. The number of carbonyl (C=O) groups is 1. The van der Waals surface area contributed by atoms with Gasteiger partial charge in [0.1, 0.15) is 11.4 Å². The lowest BCUT2D eigenvalue weighted by Gasteiger charge is -2.05. The van der Waals surface area contributed by atoms with Gasteiger partial charge in [0.15, 0.2) is 5.17 Å². The van der Waals surface area contributed by atoms with Crippen molar-refractivity contribution >= 4 is 34.6 Å². The Bertz CT molecular complexity index is 798. The Morgan fingerprint density at radius 3 is 2.70 bits per heavy atom. The number of aryl methyl sites for hydroxylation is 1. The average molecular weight is 324 g/mol. The smallest absolute Gasteiger partial charge is 0.264 e. The normalized spacial score (nSPS) is 17.6. The second kappa shape index (κ2) is 6.71. The van der Waals surface area contributed by atoms with Crippen molar-refractivity contribution in [1.82, 2.24) is 5.32 Å². The molecule has 5 heteroatoms. The first kappa shape index (κ1) is 15.4. The molecule has 116 valence electrons. The molecule has 1 fully saturated rings. The van der Waals surface area contributed by atoms with Crippen molar-refractivity contribution in [3.05, 3.63) is 64.6 Å². The topological polar surface area (TPSA) is 50.7 Å². The van der Waals surface area contributed by atoms with Crippen LogP contribution in [0.1, 0.15) is 11.1 Å². The van der Waals surface area contributed by atoms with Gasteiger partial charge in [-0.1, -0.05) is 36.4 Å². The van der Waals surface area contributed by atoms with Crippen LogP contribution in [0.3, 0.4) is 0 Å². The first-order chi connectivity index (χ1) is 11.2. The Hall–Kier alpha value is -2.53. The summed E-state index contributed by atoms with van der Waals surface area (Å²) in [6, 6.07) is 15.5. The molecule has 1 aliphatic rings. The maximum Gasteiger partial charge on any atom is 0.264 e. The lowest BCUT2D eigenvalue weighted by atomic mass is 10.2. The van der Waals surface area contributed by atoms with Crippen LogP contribution in [0.4, 0.5) is 5.69 Å². The highest BCUT2D eigenvalue weighted by atomic mass is 32.2. The van der Waals surface area contributed by atoms with Gasteiger partial charge < -0.3 is 10.1 Å². The molecule has 0 radical (unpaired) electrons. The highest BCUT2D eigenvalue weighted by Gasteiger charge is 2.24. The van der Waals surface area contributed by atoms with Crippen LogP contribution in [0.25, 0.3) is 6.08 Å². The molecule has 2 aromatic rings. The summed E-state index contributed by atoms with van der Waals surface area (Å²) in [5, 5.41) is 3.35. The number of hydrogen-bond acceptors (Lipinski definition) is 4. The molecular formula is C18H16N2O2S. The van der Waals surface area contributed by atoms with E-state index >= 15 is 0 Å². The predicted octanol–water partition coefficient (Wildman–Crippen LogP) is 3.90. The van der Waals surface area contributed by atoms with Gasteiger partial charge in [0.2, 0.25) is 0 Å². The molecule has 0 aromatic heterocycles. The van der Waals surface area contributed by atoms with Crippen molar-refractivity contribution in [3.63, 3.8) is 0 Å². The zero-order valence-corrected chi connectivity index (χ0v) is 13.7. The Balaban J connectivity index is 1.88. The number of rotatable bonds is 3. The summed E-state index contributed by atoms with van der Waals surface area (Å²) in [4.78, 5) is 17.2. The van der Waals surface area contributed by atoms with Crippen molar-refractivity contribution in [2.75, 3.05) is 7.11 Å². The maximum atomic E-state index is 12.1. The van der Waals surface area contributed by atoms with Crippen molar-refractivity contribution in [2.24, 2.45) is 4.99 Å². The second-order valence-electron chi connectivity index (χ2n) is 5.07. The molecule has 1 aliphatic heterocycles. The molecular weight excluding hydrogens is 308 g/mol. The van der Waals surface area contributed by atoms with Gasteiger partial charge in [-0.05, 0) is 48.0 Å². The fourth-order valence-corrected chi connectivity index (χ4v) is 3.01. The molecule has 0 spiro atoms. The lowest BCUT2D eigenvalue weighted by Crippen LogP contribution is -2.19. The van der Waals surface area contributed by atoms with E-state index in [0.29, 0.717) is 21.5 Å². The number of ether oxygens (including phenoxy) is 1. The number of amidine groups is 1. The van der Waals surface area contributed by atoms with E-state index in [1.165, 1.54) is 11.8 Å². The first-order valence-electron chi connectivity index (χ1n) is 7.15. The van der Waals surface area contributed by atoms with Gasteiger partial charge in [0.25, 0.3) is 5.91 Å². The number of amides is 1. The number of aliphatic imine (C=N–C) groups is 1. The number of carbonyl (C=O) groups excluding carboxylic acids is 1. The zero-order chi connectivity index (χ0) is 16.2. The van der Waals surface area contributed by atoms with Gasteiger partial charge in [-0.15, -0.1) is 0 Å². The SMILES string of the molecule is COc1ccc(C)cc1N=C1NC(=O)/C(=C/c2ccccc2)S1. The van der Waals surface area contributed by atoms with Crippen LogP contribution in [0.5, 0.6) is 5.75 Å². The van der Waals surface area contributed by atoms with Crippen LogP contribution in [0.15, 0.2) is 58.4 Å². The van der Waals surface area contributed by atoms with Gasteiger partial charge in [-0.25, -0.2) is 4.99 Å². The van der Waals surface area contributed by atoms with Crippen molar-refractivity contribution in [2.45, 2.75) is 6.92 Å². The summed E-state index contributed by atoms with van der Waals surface area (Å²) < 4.78 is 5.32. The summed E-state index contributed by atoms with van der Waals surface area (Å²) in [7, 11) is 1.61. The van der Waals surface area contributed by atoms with Crippen LogP contribution in [0, 0.1) is 6.92 Å². The molecule has 23 heavy (non-hydrogen) atoms. The molecule has 1 N–H and O–H groups in total. The van der Waals surface area contributed by atoms with Crippen LogP contribution >= 0.6 is 11.8 Å². The fraction of sp³-hybridized carbons (Fsp3) is 0.111. The number of thioether (sulfide) groups is 1. The van der Waals surface area contributed by atoms with Crippen molar-refractivity contribution in [1.29, 1.82) is 0 Å². The van der Waals surface area contributed by atoms with Gasteiger partial charge >= 0.3 is 0 Å². The number of hydrogen-bond donors (Lipinski definition) is 1. The van der Waals surface area contributed by atoms with Crippen LogP contribution in [-0.2, 0) is 4.79 Å². The highest BCUT2D eigenvalue weighted by molar-refractivity contribution is 8.18. The molecule has 0 atom stereocenters. The summed E-state index contributed by atoms with van der Waals surface area (Å²) in [5.41, 5.74) is 2.77. The summed E-state index contributed by atoms with van der Waals surface area (Å²) in [6.07, 6.45) is 1.86. The van der Waals surface area contributed by atoms with Gasteiger partial charge in [-0.3, -0.25) is 4.79 Å². The molecule has 0 unspecified atom stereocenters. The minimum Gasteiger partial charge on any atom is -0.494 e. The van der Waals surface area contributed by atoms with Gasteiger partial charge in [0, 0.05) is 0 Å². The number of methoxy groups -OCH3 is 1. The largest absolute Gasteiger partial charge is 0.494 e. The zero-order valence-electron chi connectivity index (χ0n) is 12.9. The maximum absolute atomic E-state index is 12.1. The average Bonchev–Trinajstić information content (AvgIpc) is 2.88. The molecule has 0 saturated carbocycles. The second-order valence-corrected chi connectivity index (χ2v) is 6.10. The van der Waals surface area contributed by atoms with E-state index in [0.717, 1.165) is 11.1 Å². The Morgan fingerprint density at radius 1 is 1.17 bits per heavy atom. The van der Waals surface area contributed by atoms with E-state index in [4.69, 9.17) is 4.74 Å². The molecule has 0 bridgehead atoms. The third-order valence-electron chi connectivity index (χ3n) is 3.30. The van der Waals surface area contributed by atoms with E-state index in [9.17, 15) is 4.79 Å². The molecule has 1 saturated heterocycles. The van der Waals surface area contributed by atoms with E-state index in [2.05, 4.69) is 10.3 Å². The first-order valence-corrected chi connectivity index (χ1v) is 7.96. The van der Waals surface area contributed by atoms with Crippen LogP contribution in [-0.4, -0.2) is 18.2 Å². The molecule has 1 amide bonds. The fourth-order valence-electron chi connectivity index (χ4n) is 2.18. The number of nitrogens with zero attached hydrogens (tertiary/aromatic N) is 1. The Labute approximate surface area is 139 Å². The van der Waals surface area contributed by atoms with Crippen molar-refractivity contribution < 1.29 is 9.53 Å². The predicted molar refractivity (Wildman–Crippen MR) is 95.0 cm³/mol. The standard InChI is InChI=1S/C18H16N2O2S/c1-12-8-9-15(22-2)14(10-12)19-18-20-17(21)16(23-18)11-13-6-4-3-5-7-13/h3-11H,1-2H3,(H,19,20,21)/b16-11-. The molecule has 2 aromatic carbocycles. The minimum absolute atomic E-state index is 0.135. The molecule has 3 rings (SSSR count). The third kappa shape index (κ3) is 3.63. The lowest BCUT2D eigenvalue weighted by molar-refractivity contribution is -0.115. The number of benzene rings is 2. The minimum atomic E-state index is -0.135. The molecule has 4 nitrogen and oxygen atoms in total. The highest BCUT2D eigenvalue weighted by Crippen LogP contribution is 2.32. The quantitative estimate of drug-likeness (QED) is 0.871. The van der Waals surface area contributed by atoms with E-state index in [1.807, 2.05) is 61.5 Å². The summed E-state index contributed by atoms with van der Waals surface area (Å²) >= 11 is 1.33. The Morgan fingerprint density at radius 2 is 1.96 bits per heavy atom. The summed E-state index contributed by atoms with van der Waals surface area (Å²) in [6.45, 7) is 1.99. The molecule has 1 heterocycles.